The second-order valence-electron chi connectivity index (χ2n) is 6.17. The average Bonchev–Trinajstić information content (AvgIpc) is 2.88. The summed E-state index contributed by atoms with van der Waals surface area (Å²) >= 11 is 0. The van der Waals surface area contributed by atoms with Crippen molar-refractivity contribution in [3.63, 3.8) is 0 Å². The molecule has 0 aliphatic carbocycles. The highest BCUT2D eigenvalue weighted by atomic mass is 32.2. The third-order valence-electron chi connectivity index (χ3n) is 4.77. The summed E-state index contributed by atoms with van der Waals surface area (Å²) in [6.45, 7) is 5.06. The van der Waals surface area contributed by atoms with Crippen molar-refractivity contribution in [3.05, 3.63) is 23.8 Å². The fourth-order valence-corrected chi connectivity index (χ4v) is 5.60. The molecule has 1 saturated heterocycles. The van der Waals surface area contributed by atoms with Crippen LogP contribution >= 0.6 is 0 Å². The molecule has 116 valence electrons. The number of nitrogens with zero attached hydrogens (tertiary/aromatic N) is 1. The summed E-state index contributed by atoms with van der Waals surface area (Å²) in [5.74, 6) is 0. The van der Waals surface area contributed by atoms with Gasteiger partial charge in [-0.2, -0.15) is 4.31 Å². The lowest BCUT2D eigenvalue weighted by molar-refractivity contribution is 0.328. The molecule has 2 unspecified atom stereocenters. The number of sulfonamides is 1. The minimum Gasteiger partial charge on any atom is -0.385 e. The van der Waals surface area contributed by atoms with E-state index in [0.29, 0.717) is 4.90 Å². The summed E-state index contributed by atoms with van der Waals surface area (Å²) in [6.07, 6.45) is 4.84. The maximum atomic E-state index is 13.0. The van der Waals surface area contributed by atoms with Crippen LogP contribution < -0.4 is 5.32 Å². The Morgan fingerprint density at radius 2 is 2.14 bits per heavy atom. The van der Waals surface area contributed by atoms with Gasteiger partial charge in [-0.1, -0.05) is 6.92 Å². The smallest absolute Gasteiger partial charge is 0.243 e. The lowest BCUT2D eigenvalue weighted by atomic mass is 10.0. The predicted molar refractivity (Wildman–Crippen MR) is 85.1 cm³/mol. The first-order valence-corrected chi connectivity index (χ1v) is 9.38. The van der Waals surface area contributed by atoms with Crippen LogP contribution in [0.4, 0.5) is 5.69 Å². The van der Waals surface area contributed by atoms with Crippen LogP contribution in [0.15, 0.2) is 23.1 Å². The highest BCUT2D eigenvalue weighted by Crippen LogP contribution is 2.34. The lowest BCUT2D eigenvalue weighted by Crippen LogP contribution is -2.39. The molecule has 2 heterocycles. The molecule has 1 aromatic rings. The Balaban J connectivity index is 1.98. The van der Waals surface area contributed by atoms with Crippen LogP contribution in [0.25, 0.3) is 0 Å². The maximum absolute atomic E-state index is 13.0. The van der Waals surface area contributed by atoms with Gasteiger partial charge in [0.15, 0.2) is 0 Å². The fraction of sp³-hybridized carbons (Fsp3) is 0.625. The minimum absolute atomic E-state index is 0.106. The van der Waals surface area contributed by atoms with Crippen molar-refractivity contribution in [2.75, 3.05) is 11.9 Å². The molecule has 5 heteroatoms. The summed E-state index contributed by atoms with van der Waals surface area (Å²) in [5.41, 5.74) is 2.21. The number of rotatable bonds is 3. The summed E-state index contributed by atoms with van der Waals surface area (Å²) in [6, 6.07) is 5.80. The number of hydrogen-bond acceptors (Lipinski definition) is 3. The fourth-order valence-electron chi connectivity index (χ4n) is 3.60. The molecule has 1 fully saturated rings. The first kappa shape index (κ1) is 14.9. The zero-order valence-electron chi connectivity index (χ0n) is 12.8. The molecule has 1 aromatic carbocycles. The second-order valence-corrected chi connectivity index (χ2v) is 8.02. The van der Waals surface area contributed by atoms with E-state index in [-0.39, 0.29) is 12.1 Å². The molecule has 0 amide bonds. The number of fused-ring (bicyclic) bond motifs is 1. The zero-order valence-corrected chi connectivity index (χ0v) is 13.6. The Labute approximate surface area is 127 Å². The van der Waals surface area contributed by atoms with E-state index in [4.69, 9.17) is 0 Å². The molecule has 21 heavy (non-hydrogen) atoms. The molecule has 2 atom stereocenters. The Kier molecular flexibility index (Phi) is 3.97. The van der Waals surface area contributed by atoms with E-state index in [1.807, 2.05) is 19.1 Å². The van der Waals surface area contributed by atoms with Crippen molar-refractivity contribution in [3.8, 4) is 0 Å². The molecule has 0 radical (unpaired) electrons. The van der Waals surface area contributed by atoms with Gasteiger partial charge in [0.05, 0.1) is 4.90 Å². The van der Waals surface area contributed by atoms with Crippen LogP contribution in [-0.4, -0.2) is 31.4 Å². The first-order valence-electron chi connectivity index (χ1n) is 7.94. The topological polar surface area (TPSA) is 49.4 Å². The molecule has 2 aliphatic heterocycles. The van der Waals surface area contributed by atoms with E-state index in [0.717, 1.165) is 49.9 Å². The molecule has 0 bridgehead atoms. The zero-order chi connectivity index (χ0) is 15.0. The van der Waals surface area contributed by atoms with Crippen LogP contribution in [0.5, 0.6) is 0 Å². The number of nitrogens with one attached hydrogen (secondary N) is 1. The SMILES string of the molecule is CCC1CCC(C)N1S(=O)(=O)c1ccc2c(c1)CCCN2. The Bertz CT molecular complexity index is 627. The van der Waals surface area contributed by atoms with Gasteiger partial charge in [-0.3, -0.25) is 0 Å². The van der Waals surface area contributed by atoms with E-state index in [2.05, 4.69) is 12.2 Å². The summed E-state index contributed by atoms with van der Waals surface area (Å²) in [4.78, 5) is 0.456. The molecule has 3 rings (SSSR count). The van der Waals surface area contributed by atoms with Crippen LogP contribution in [0, 0.1) is 0 Å². The summed E-state index contributed by atoms with van der Waals surface area (Å²) in [7, 11) is -3.38. The van der Waals surface area contributed by atoms with E-state index in [9.17, 15) is 8.42 Å². The number of aryl methyl sites for hydroxylation is 1. The van der Waals surface area contributed by atoms with Crippen molar-refractivity contribution >= 4 is 15.7 Å². The van der Waals surface area contributed by atoms with Gasteiger partial charge in [-0.15, -0.1) is 0 Å². The lowest BCUT2D eigenvalue weighted by Gasteiger charge is -2.28. The largest absolute Gasteiger partial charge is 0.385 e. The number of hydrogen-bond donors (Lipinski definition) is 1. The third kappa shape index (κ3) is 2.57. The predicted octanol–water partition coefficient (Wildman–Crippen LogP) is 3.00. The molecule has 0 saturated carbocycles. The van der Waals surface area contributed by atoms with E-state index in [1.165, 1.54) is 0 Å². The minimum atomic E-state index is -3.38. The number of benzene rings is 1. The van der Waals surface area contributed by atoms with Crippen LogP contribution in [0.1, 0.15) is 45.1 Å². The summed E-state index contributed by atoms with van der Waals surface area (Å²) < 4.78 is 27.8. The van der Waals surface area contributed by atoms with Gasteiger partial charge in [-0.25, -0.2) is 8.42 Å². The van der Waals surface area contributed by atoms with Crippen LogP contribution in [0.3, 0.4) is 0 Å². The van der Waals surface area contributed by atoms with Crippen molar-refractivity contribution in [2.24, 2.45) is 0 Å². The van der Waals surface area contributed by atoms with Crippen molar-refractivity contribution in [2.45, 2.75) is 62.9 Å². The van der Waals surface area contributed by atoms with Gasteiger partial charge in [0.25, 0.3) is 0 Å². The van der Waals surface area contributed by atoms with Crippen LogP contribution in [0.2, 0.25) is 0 Å². The summed E-state index contributed by atoms with van der Waals surface area (Å²) in [5, 5.41) is 3.33. The first-order chi connectivity index (χ1) is 10.0. The third-order valence-corrected chi connectivity index (χ3v) is 6.84. The molecular weight excluding hydrogens is 284 g/mol. The molecule has 0 aromatic heterocycles. The monoisotopic (exact) mass is 308 g/mol. The molecular formula is C16H24N2O2S. The van der Waals surface area contributed by atoms with E-state index < -0.39 is 10.0 Å². The quantitative estimate of drug-likeness (QED) is 0.934. The van der Waals surface area contributed by atoms with Gasteiger partial charge < -0.3 is 5.32 Å². The maximum Gasteiger partial charge on any atom is 0.243 e. The van der Waals surface area contributed by atoms with Gasteiger partial charge in [0, 0.05) is 24.3 Å². The van der Waals surface area contributed by atoms with Crippen molar-refractivity contribution in [1.82, 2.24) is 4.31 Å². The molecule has 2 aliphatic rings. The van der Waals surface area contributed by atoms with Gasteiger partial charge >= 0.3 is 0 Å². The van der Waals surface area contributed by atoms with Gasteiger partial charge in [-0.05, 0) is 62.8 Å². The Hall–Kier alpha value is -1.07. The van der Waals surface area contributed by atoms with Gasteiger partial charge in [0.1, 0.15) is 0 Å². The van der Waals surface area contributed by atoms with Crippen molar-refractivity contribution < 1.29 is 8.42 Å². The highest BCUT2D eigenvalue weighted by Gasteiger charge is 2.39. The standard InChI is InChI=1S/C16H24N2O2S/c1-3-14-7-6-12(2)18(14)21(19,20)15-8-9-16-13(11-15)5-4-10-17-16/h8-9,11-12,14,17H,3-7,10H2,1-2H3. The molecule has 0 spiro atoms. The normalized spacial score (nSPS) is 26.4. The Morgan fingerprint density at radius 1 is 1.33 bits per heavy atom. The Morgan fingerprint density at radius 3 is 2.90 bits per heavy atom. The second kappa shape index (κ2) is 5.61. The van der Waals surface area contributed by atoms with Crippen molar-refractivity contribution in [1.29, 1.82) is 0 Å². The van der Waals surface area contributed by atoms with Gasteiger partial charge in [0.2, 0.25) is 10.0 Å². The number of anilines is 1. The molecule has 1 N–H and O–H groups in total. The van der Waals surface area contributed by atoms with E-state index in [1.54, 1.807) is 10.4 Å². The highest BCUT2D eigenvalue weighted by molar-refractivity contribution is 7.89. The van der Waals surface area contributed by atoms with E-state index >= 15 is 0 Å². The molecule has 4 nitrogen and oxygen atoms in total. The average molecular weight is 308 g/mol. The van der Waals surface area contributed by atoms with Crippen LogP contribution in [-0.2, 0) is 16.4 Å².